The highest BCUT2D eigenvalue weighted by molar-refractivity contribution is 6.03. The molecule has 0 aromatic heterocycles. The van der Waals surface area contributed by atoms with Gasteiger partial charge in [-0.25, -0.2) is 20.2 Å². The van der Waals surface area contributed by atoms with Gasteiger partial charge in [0, 0.05) is 19.2 Å². The Morgan fingerprint density at radius 3 is 1.84 bits per heavy atom. The number of hydrogen-bond acceptors (Lipinski definition) is 6. The molecule has 0 saturated carbocycles. The van der Waals surface area contributed by atoms with E-state index in [4.69, 9.17) is 5.26 Å². The molecule has 2 N–H and O–H groups in total. The van der Waals surface area contributed by atoms with Crippen molar-refractivity contribution in [2.45, 2.75) is 46.7 Å². The summed E-state index contributed by atoms with van der Waals surface area (Å²) in [6, 6.07) is 28.5. The summed E-state index contributed by atoms with van der Waals surface area (Å²) in [5.74, 6) is -0.485. The zero-order chi connectivity index (χ0) is 42.5. The molecule has 2 amide bonds. The third-order valence-electron chi connectivity index (χ3n) is 8.08. The highest BCUT2D eigenvalue weighted by Crippen LogP contribution is 2.30. The molecule has 300 valence electrons. The summed E-state index contributed by atoms with van der Waals surface area (Å²) in [5, 5.41) is 15.2. The highest BCUT2D eigenvalue weighted by atomic mass is 19.4. The van der Waals surface area contributed by atoms with E-state index in [2.05, 4.69) is 82.5 Å². The molecule has 0 aliphatic rings. The first kappa shape index (κ1) is 43.8. The molecule has 0 aliphatic carbocycles. The van der Waals surface area contributed by atoms with E-state index in [0.29, 0.717) is 11.1 Å². The van der Waals surface area contributed by atoms with Crippen LogP contribution in [0.15, 0.2) is 124 Å². The van der Waals surface area contributed by atoms with Crippen molar-refractivity contribution in [1.82, 2.24) is 10.3 Å². The predicted octanol–water partition coefficient (Wildman–Crippen LogP) is 11.1. The number of anilines is 1. The number of nitrogens with zero attached hydrogens (tertiary/aromatic N) is 5. The van der Waals surface area contributed by atoms with E-state index in [1.807, 2.05) is 30.1 Å². The molecule has 58 heavy (non-hydrogen) atoms. The number of aryl methyl sites for hydroxylation is 4. The van der Waals surface area contributed by atoms with Crippen LogP contribution in [-0.2, 0) is 12.6 Å². The van der Waals surface area contributed by atoms with Gasteiger partial charge in [-0.1, -0.05) is 59.7 Å². The van der Waals surface area contributed by atoms with Crippen LogP contribution in [0, 0.1) is 39.0 Å². The minimum Gasteiger partial charge on any atom is -0.406 e. The number of nitriles is 1. The first-order valence-corrected chi connectivity index (χ1v) is 17.5. The van der Waals surface area contributed by atoms with Crippen molar-refractivity contribution in [3.05, 3.63) is 154 Å². The van der Waals surface area contributed by atoms with Gasteiger partial charge in [0.25, 0.3) is 0 Å². The Hall–Kier alpha value is -6.95. The van der Waals surface area contributed by atoms with Crippen LogP contribution in [0.3, 0.4) is 0 Å². The molecule has 0 fully saturated rings. The second kappa shape index (κ2) is 19.8. The maximum atomic E-state index is 13.2. The van der Waals surface area contributed by atoms with Gasteiger partial charge in [0.1, 0.15) is 5.75 Å². The van der Waals surface area contributed by atoms with Gasteiger partial charge in [-0.2, -0.15) is 23.5 Å². The van der Waals surface area contributed by atoms with Crippen LogP contribution in [0.1, 0.15) is 44.5 Å². The zero-order valence-electron chi connectivity index (χ0n) is 32.1. The van der Waals surface area contributed by atoms with Crippen molar-refractivity contribution in [3.8, 4) is 11.8 Å². The van der Waals surface area contributed by atoms with Crippen LogP contribution >= 0.6 is 0 Å². The number of aliphatic imine (C=N–C) groups is 2. The number of amides is 2. The number of nitrogens with one attached hydrogen (secondary N) is 2. The Balaban J connectivity index is 0.000000289. The van der Waals surface area contributed by atoms with Crippen LogP contribution in [0.2, 0.25) is 0 Å². The Morgan fingerprint density at radius 2 is 1.34 bits per heavy atom. The van der Waals surface area contributed by atoms with Gasteiger partial charge in [-0.15, -0.1) is 13.2 Å². The first-order valence-electron chi connectivity index (χ1n) is 17.5. The van der Waals surface area contributed by atoms with Crippen molar-refractivity contribution in [3.63, 3.8) is 0 Å². The fourth-order valence-electron chi connectivity index (χ4n) is 5.23. The fraction of sp³-hybridized carbons (Fsp3) is 0.186. The molecule has 0 saturated heterocycles. The monoisotopic (exact) mass is 799 g/mol. The van der Waals surface area contributed by atoms with Crippen molar-refractivity contribution in [1.29, 1.82) is 5.26 Å². The molecule has 0 heterocycles. The van der Waals surface area contributed by atoms with Gasteiger partial charge >= 0.3 is 18.6 Å². The number of hydrazone groups is 1. The minimum absolute atomic E-state index is 0.0246. The molecular weight excluding hydrogens is 761 g/mol. The Labute approximate surface area is 332 Å². The Morgan fingerprint density at radius 1 is 0.776 bits per heavy atom. The van der Waals surface area contributed by atoms with E-state index in [0.717, 1.165) is 47.8 Å². The van der Waals surface area contributed by atoms with E-state index >= 15 is 0 Å². The van der Waals surface area contributed by atoms with Crippen LogP contribution < -0.4 is 15.5 Å². The molecule has 5 aromatic carbocycles. The molecule has 5 rings (SSSR count). The average Bonchev–Trinajstić information content (AvgIpc) is 3.16. The average molecular weight is 800 g/mol. The molecule has 5 aromatic rings. The maximum absolute atomic E-state index is 13.2. The summed E-state index contributed by atoms with van der Waals surface area (Å²) in [4.78, 5) is 23.1. The molecule has 0 spiro atoms. The number of carbonyl (C=O) groups excluding carboxylic acids is 1. The number of benzene rings is 5. The molecular formula is C43H39F6N7O2. The van der Waals surface area contributed by atoms with Crippen LogP contribution in [0.25, 0.3) is 0 Å². The summed E-state index contributed by atoms with van der Waals surface area (Å²) >= 11 is 0. The molecule has 0 atom stereocenters. The standard InChI is InChI=1S/C24H16F6N4O2.C19H23N3/c25-23(26,27)18-3-1-2-17(13-18)21(12-15-4-6-16(14-31)7-5-15)33-34-22(35)32-19-8-10-20(11-9-19)36-24(28,29)30;1-14-6-8-18(16(3)10-14)20-12-22(5)13-21-19-9-7-15(2)11-17(19)4/h1-11,13H,12H2,(H2,32,34,35);6-13H,1-5H3/b33-21+;. The van der Waals surface area contributed by atoms with Crippen LogP contribution in [0.4, 0.5) is 48.2 Å². The van der Waals surface area contributed by atoms with Crippen molar-refractivity contribution in [2.75, 3.05) is 12.4 Å². The summed E-state index contributed by atoms with van der Waals surface area (Å²) in [5.41, 5.74) is 9.41. The van der Waals surface area contributed by atoms with E-state index in [1.54, 1.807) is 24.8 Å². The molecule has 0 unspecified atom stereocenters. The first-order chi connectivity index (χ1) is 27.4. The largest absolute Gasteiger partial charge is 0.573 e. The third kappa shape index (κ3) is 14.3. The summed E-state index contributed by atoms with van der Waals surface area (Å²) in [6.45, 7) is 8.32. The molecule has 9 nitrogen and oxygen atoms in total. The predicted molar refractivity (Wildman–Crippen MR) is 214 cm³/mol. The lowest BCUT2D eigenvalue weighted by Gasteiger charge is -2.12. The summed E-state index contributed by atoms with van der Waals surface area (Å²) in [6.07, 6.45) is -5.87. The lowest BCUT2D eigenvalue weighted by atomic mass is 9.99. The Bertz CT molecular complexity index is 2250. The smallest absolute Gasteiger partial charge is 0.406 e. The quantitative estimate of drug-likeness (QED) is 0.0633. The summed E-state index contributed by atoms with van der Waals surface area (Å²) < 4.78 is 80.1. The van der Waals surface area contributed by atoms with E-state index in [-0.39, 0.29) is 23.4 Å². The number of alkyl halides is 6. The normalized spacial score (nSPS) is 11.8. The van der Waals surface area contributed by atoms with Gasteiger partial charge < -0.3 is 15.0 Å². The van der Waals surface area contributed by atoms with Crippen LogP contribution in [-0.4, -0.2) is 42.7 Å². The number of hydrogen-bond donors (Lipinski definition) is 2. The topological polar surface area (TPSA) is 114 Å². The zero-order valence-corrected chi connectivity index (χ0v) is 32.1. The van der Waals surface area contributed by atoms with Gasteiger partial charge in [0.05, 0.1) is 47.0 Å². The van der Waals surface area contributed by atoms with E-state index in [1.165, 1.54) is 46.5 Å². The lowest BCUT2D eigenvalue weighted by Crippen LogP contribution is -2.26. The summed E-state index contributed by atoms with van der Waals surface area (Å²) in [7, 11) is 1.93. The number of halogens is 6. The van der Waals surface area contributed by atoms with Crippen molar-refractivity contribution >= 4 is 41.5 Å². The fourth-order valence-corrected chi connectivity index (χ4v) is 5.23. The highest BCUT2D eigenvalue weighted by Gasteiger charge is 2.31. The van der Waals surface area contributed by atoms with E-state index in [9.17, 15) is 31.1 Å². The molecule has 0 aliphatic heterocycles. The number of urea groups is 1. The van der Waals surface area contributed by atoms with Gasteiger partial charge in [0.2, 0.25) is 0 Å². The molecule has 0 bridgehead atoms. The van der Waals surface area contributed by atoms with Gasteiger partial charge in [-0.05, 0) is 111 Å². The minimum atomic E-state index is -4.87. The third-order valence-corrected chi connectivity index (χ3v) is 8.08. The second-order valence-corrected chi connectivity index (χ2v) is 13.0. The van der Waals surface area contributed by atoms with Crippen LogP contribution in [0.5, 0.6) is 5.75 Å². The lowest BCUT2D eigenvalue weighted by molar-refractivity contribution is -0.274. The second-order valence-electron chi connectivity index (χ2n) is 13.0. The maximum Gasteiger partial charge on any atom is 0.573 e. The Kier molecular flexibility index (Phi) is 14.9. The molecule has 0 radical (unpaired) electrons. The van der Waals surface area contributed by atoms with Gasteiger partial charge in [0.15, 0.2) is 0 Å². The SMILES string of the molecule is Cc1ccc(N=CN(C)C=Nc2ccc(C)cc2C)c(C)c1.N#Cc1ccc(C/C(=N\NC(=O)Nc2ccc(OC(F)(F)F)cc2)c2cccc(C(F)(F)F)c2)cc1. The van der Waals surface area contributed by atoms with E-state index < -0.39 is 29.9 Å². The number of rotatable bonds is 10. The van der Waals surface area contributed by atoms with Crippen molar-refractivity contribution in [2.24, 2.45) is 15.1 Å². The molecule has 15 heteroatoms. The van der Waals surface area contributed by atoms with Gasteiger partial charge in [-0.3, -0.25) is 0 Å². The number of carbonyl (C=O) groups is 1. The number of ether oxygens (including phenoxy) is 1. The van der Waals surface area contributed by atoms with Crippen molar-refractivity contribution < 1.29 is 35.9 Å².